The van der Waals surface area contributed by atoms with E-state index in [0.29, 0.717) is 23.3 Å². The molecule has 0 aliphatic carbocycles. The van der Waals surface area contributed by atoms with Crippen molar-refractivity contribution in [3.63, 3.8) is 0 Å². The largest absolute Gasteiger partial charge is 0.481 e. The first-order chi connectivity index (χ1) is 9.15. The molecule has 0 aliphatic heterocycles. The van der Waals surface area contributed by atoms with Gasteiger partial charge in [-0.3, -0.25) is 4.79 Å². The van der Waals surface area contributed by atoms with Crippen LogP contribution in [0.15, 0.2) is 28.7 Å². The second-order valence-corrected chi connectivity index (χ2v) is 5.17. The maximum atomic E-state index is 10.4. The monoisotopic (exact) mass is 278 g/mol. The molecule has 2 rings (SSSR count). The predicted octanol–water partition coefficient (Wildman–Crippen LogP) is 2.75. The number of carboxylic acid groups (broad SMARTS) is 1. The maximum absolute atomic E-state index is 10.4. The van der Waals surface area contributed by atoms with E-state index >= 15 is 0 Å². The second kappa shape index (κ2) is 6.38. The van der Waals surface area contributed by atoms with Gasteiger partial charge in [-0.25, -0.2) is 0 Å². The van der Waals surface area contributed by atoms with Gasteiger partial charge in [-0.15, -0.1) is 10.2 Å². The van der Waals surface area contributed by atoms with Crippen molar-refractivity contribution < 1.29 is 14.3 Å². The lowest BCUT2D eigenvalue weighted by Crippen LogP contribution is -1.96. The zero-order chi connectivity index (χ0) is 13.7. The van der Waals surface area contributed by atoms with Gasteiger partial charge in [0, 0.05) is 11.3 Å². The molecule has 6 heteroatoms. The second-order valence-electron chi connectivity index (χ2n) is 4.07. The molecule has 0 saturated heterocycles. The molecule has 100 valence electrons. The number of carboxylic acids is 1. The minimum absolute atomic E-state index is 0.142. The molecule has 0 aliphatic rings. The number of aromatic nitrogens is 2. The van der Waals surface area contributed by atoms with Gasteiger partial charge in [-0.05, 0) is 19.1 Å². The van der Waals surface area contributed by atoms with E-state index in [-0.39, 0.29) is 6.42 Å². The summed E-state index contributed by atoms with van der Waals surface area (Å²) in [5.74, 6) is 1.30. The van der Waals surface area contributed by atoms with Gasteiger partial charge in [0.15, 0.2) is 0 Å². The zero-order valence-corrected chi connectivity index (χ0v) is 11.3. The van der Waals surface area contributed by atoms with Crippen LogP contribution in [0.25, 0.3) is 11.5 Å². The summed E-state index contributed by atoms with van der Waals surface area (Å²) in [5, 5.41) is 16.5. The van der Waals surface area contributed by atoms with Crippen LogP contribution in [0.3, 0.4) is 0 Å². The van der Waals surface area contributed by atoms with Crippen LogP contribution in [0, 0.1) is 6.92 Å². The van der Waals surface area contributed by atoms with Crippen LogP contribution in [0.5, 0.6) is 0 Å². The molecule has 1 heterocycles. The highest BCUT2D eigenvalue weighted by Gasteiger charge is 2.08. The summed E-state index contributed by atoms with van der Waals surface area (Å²) in [5.41, 5.74) is 2.03. The molecule has 0 amide bonds. The number of carbonyl (C=O) groups is 1. The Balaban J connectivity index is 1.94. The number of thioether (sulfide) groups is 1. The molecule has 0 fully saturated rings. The quantitative estimate of drug-likeness (QED) is 0.819. The van der Waals surface area contributed by atoms with Gasteiger partial charge in [0.1, 0.15) is 0 Å². The van der Waals surface area contributed by atoms with Crippen molar-refractivity contribution in [1.82, 2.24) is 10.2 Å². The molecule has 0 unspecified atom stereocenters. The highest BCUT2D eigenvalue weighted by molar-refractivity contribution is 7.98. The summed E-state index contributed by atoms with van der Waals surface area (Å²) in [7, 11) is 0. The van der Waals surface area contributed by atoms with Crippen molar-refractivity contribution in [2.75, 3.05) is 5.75 Å². The van der Waals surface area contributed by atoms with Crippen LogP contribution in [0.4, 0.5) is 0 Å². The smallest absolute Gasteiger partial charge is 0.304 e. The Morgan fingerprint density at radius 1 is 1.42 bits per heavy atom. The van der Waals surface area contributed by atoms with E-state index in [1.807, 2.05) is 31.2 Å². The third-order valence-electron chi connectivity index (χ3n) is 2.42. The van der Waals surface area contributed by atoms with E-state index in [1.54, 1.807) is 0 Å². The van der Waals surface area contributed by atoms with E-state index in [4.69, 9.17) is 9.52 Å². The van der Waals surface area contributed by atoms with E-state index < -0.39 is 5.97 Å². The van der Waals surface area contributed by atoms with E-state index in [1.165, 1.54) is 11.8 Å². The van der Waals surface area contributed by atoms with Gasteiger partial charge in [0.2, 0.25) is 11.8 Å². The fraction of sp³-hybridized carbons (Fsp3) is 0.308. The van der Waals surface area contributed by atoms with Crippen molar-refractivity contribution in [1.29, 1.82) is 0 Å². The Bertz CT molecular complexity index is 569. The molecule has 5 nitrogen and oxygen atoms in total. The number of benzene rings is 1. The molecule has 2 aromatic rings. The molecule has 0 bridgehead atoms. The lowest BCUT2D eigenvalue weighted by Gasteiger charge is -1.96. The fourth-order valence-corrected chi connectivity index (χ4v) is 2.28. The summed E-state index contributed by atoms with van der Waals surface area (Å²) in [4.78, 5) is 10.4. The Morgan fingerprint density at radius 2 is 2.26 bits per heavy atom. The summed E-state index contributed by atoms with van der Waals surface area (Å²) in [6.07, 6.45) is 0.142. The van der Waals surface area contributed by atoms with E-state index in [0.717, 1.165) is 11.1 Å². The van der Waals surface area contributed by atoms with Gasteiger partial charge in [-0.2, -0.15) is 11.8 Å². The lowest BCUT2D eigenvalue weighted by atomic mass is 10.1. The summed E-state index contributed by atoms with van der Waals surface area (Å²) in [6.45, 7) is 2.00. The Labute approximate surface area is 115 Å². The summed E-state index contributed by atoms with van der Waals surface area (Å²) < 4.78 is 5.54. The average Bonchev–Trinajstić information content (AvgIpc) is 2.83. The molecule has 0 spiro atoms. The van der Waals surface area contributed by atoms with Gasteiger partial charge in [0.25, 0.3) is 0 Å². The molecular weight excluding hydrogens is 264 g/mol. The third-order valence-corrected chi connectivity index (χ3v) is 3.36. The van der Waals surface area contributed by atoms with E-state index in [9.17, 15) is 4.79 Å². The van der Waals surface area contributed by atoms with Crippen molar-refractivity contribution in [3.05, 3.63) is 35.7 Å². The summed E-state index contributed by atoms with van der Waals surface area (Å²) in [6, 6.07) is 7.84. The van der Waals surface area contributed by atoms with Gasteiger partial charge in [0.05, 0.1) is 12.2 Å². The number of hydrogen-bond acceptors (Lipinski definition) is 5. The highest BCUT2D eigenvalue weighted by Crippen LogP contribution is 2.20. The Kier molecular flexibility index (Phi) is 4.57. The standard InChI is InChI=1S/C13H14N2O3S/c1-9-3-2-4-10(7-9)13-15-14-11(18-13)8-19-6-5-12(16)17/h2-4,7H,5-6,8H2,1H3,(H,16,17). The molecular formula is C13H14N2O3S. The first-order valence-corrected chi connectivity index (χ1v) is 6.99. The van der Waals surface area contributed by atoms with Crippen molar-refractivity contribution >= 4 is 17.7 Å². The minimum Gasteiger partial charge on any atom is -0.481 e. The maximum Gasteiger partial charge on any atom is 0.304 e. The fourth-order valence-electron chi connectivity index (χ4n) is 1.53. The number of rotatable bonds is 6. The van der Waals surface area contributed by atoms with Crippen LogP contribution < -0.4 is 0 Å². The molecule has 1 N–H and O–H groups in total. The zero-order valence-electron chi connectivity index (χ0n) is 10.5. The van der Waals surface area contributed by atoms with Crippen LogP contribution in [-0.4, -0.2) is 27.0 Å². The van der Waals surface area contributed by atoms with Crippen molar-refractivity contribution in [2.24, 2.45) is 0 Å². The van der Waals surface area contributed by atoms with Crippen LogP contribution in [0.1, 0.15) is 17.9 Å². The Hall–Kier alpha value is -1.82. The van der Waals surface area contributed by atoms with Gasteiger partial charge >= 0.3 is 5.97 Å². The minimum atomic E-state index is -0.793. The topological polar surface area (TPSA) is 76.2 Å². The van der Waals surface area contributed by atoms with Crippen molar-refractivity contribution in [2.45, 2.75) is 19.1 Å². The van der Waals surface area contributed by atoms with Crippen LogP contribution >= 0.6 is 11.8 Å². The Morgan fingerprint density at radius 3 is 3.00 bits per heavy atom. The molecule has 19 heavy (non-hydrogen) atoms. The number of nitrogens with zero attached hydrogens (tertiary/aromatic N) is 2. The van der Waals surface area contributed by atoms with Crippen LogP contribution in [0.2, 0.25) is 0 Å². The average molecular weight is 278 g/mol. The normalized spacial score (nSPS) is 10.6. The first-order valence-electron chi connectivity index (χ1n) is 5.84. The van der Waals surface area contributed by atoms with Crippen molar-refractivity contribution in [3.8, 4) is 11.5 Å². The SMILES string of the molecule is Cc1cccc(-c2nnc(CSCCC(=O)O)o2)c1. The molecule has 0 atom stereocenters. The first kappa shape index (κ1) is 13.6. The molecule has 1 aromatic carbocycles. The van der Waals surface area contributed by atoms with Crippen LogP contribution in [-0.2, 0) is 10.5 Å². The number of aliphatic carboxylic acids is 1. The molecule has 1 aromatic heterocycles. The number of hydrogen-bond donors (Lipinski definition) is 1. The number of aryl methyl sites for hydroxylation is 1. The third kappa shape index (κ3) is 4.10. The lowest BCUT2D eigenvalue weighted by molar-refractivity contribution is -0.136. The van der Waals surface area contributed by atoms with Gasteiger partial charge in [-0.1, -0.05) is 17.7 Å². The molecule has 0 radical (unpaired) electrons. The predicted molar refractivity (Wildman–Crippen MR) is 72.9 cm³/mol. The van der Waals surface area contributed by atoms with E-state index in [2.05, 4.69) is 10.2 Å². The molecule has 0 saturated carbocycles. The van der Waals surface area contributed by atoms with Gasteiger partial charge < -0.3 is 9.52 Å². The highest BCUT2D eigenvalue weighted by atomic mass is 32.2. The summed E-state index contributed by atoms with van der Waals surface area (Å²) >= 11 is 1.47.